The molecule has 0 bridgehead atoms. The third-order valence-corrected chi connectivity index (χ3v) is 11.4. The number of nitrogens with zero attached hydrogens (tertiary/aromatic N) is 1. The highest BCUT2D eigenvalue weighted by molar-refractivity contribution is 6.00. The fourth-order valence-electron chi connectivity index (χ4n) is 9.03. The number of anilines is 3. The van der Waals surface area contributed by atoms with Crippen molar-refractivity contribution in [2.75, 3.05) is 4.90 Å². The molecule has 2 aliphatic rings. The zero-order chi connectivity index (χ0) is 34.9. The van der Waals surface area contributed by atoms with Crippen LogP contribution in [0.15, 0.2) is 188 Å². The van der Waals surface area contributed by atoms with E-state index in [0.717, 1.165) is 39.7 Å². The van der Waals surface area contributed by atoms with Crippen LogP contribution in [0.25, 0.3) is 21.9 Å². The number of rotatable bonds is 5. The zero-order valence-electron chi connectivity index (χ0n) is 29.3. The van der Waals surface area contributed by atoms with E-state index in [1.54, 1.807) is 0 Å². The van der Waals surface area contributed by atoms with Crippen molar-refractivity contribution >= 4 is 27.8 Å². The van der Waals surface area contributed by atoms with Gasteiger partial charge >= 0.3 is 0 Å². The fourth-order valence-corrected chi connectivity index (χ4v) is 9.03. The molecule has 0 N–H and O–H groups in total. The second-order valence-corrected chi connectivity index (χ2v) is 14.5. The first-order chi connectivity index (χ1) is 25.6. The molecule has 52 heavy (non-hydrogen) atoms. The van der Waals surface area contributed by atoms with E-state index in [1.165, 1.54) is 44.2 Å². The molecule has 8 aromatic rings. The maximum atomic E-state index is 7.19. The molecule has 8 aromatic carbocycles. The normalized spacial score (nSPS) is 14.4. The van der Waals surface area contributed by atoms with Gasteiger partial charge in [0.2, 0.25) is 0 Å². The van der Waals surface area contributed by atoms with Crippen molar-refractivity contribution in [3.05, 3.63) is 221 Å². The van der Waals surface area contributed by atoms with Crippen molar-refractivity contribution in [1.29, 1.82) is 0 Å². The predicted octanol–water partition coefficient (Wildman–Crippen LogP) is 13.1. The number of hydrogen-bond acceptors (Lipinski definition) is 2. The molecule has 2 nitrogen and oxygen atoms in total. The molecule has 0 saturated carbocycles. The lowest BCUT2D eigenvalue weighted by Crippen LogP contribution is -2.34. The van der Waals surface area contributed by atoms with E-state index in [1.807, 2.05) is 0 Å². The fraction of sp³-hybridized carbons (Fsp3) is 0.0800. The van der Waals surface area contributed by atoms with Gasteiger partial charge in [-0.25, -0.2) is 0 Å². The second-order valence-electron chi connectivity index (χ2n) is 14.5. The first kappa shape index (κ1) is 30.4. The van der Waals surface area contributed by atoms with E-state index >= 15 is 0 Å². The maximum Gasteiger partial charge on any atom is 0.156 e. The van der Waals surface area contributed by atoms with Gasteiger partial charge in [0.15, 0.2) is 5.75 Å². The Hall–Kier alpha value is -6.38. The molecule has 0 spiro atoms. The third-order valence-electron chi connectivity index (χ3n) is 11.4. The lowest BCUT2D eigenvalue weighted by Gasteiger charge is -2.43. The summed E-state index contributed by atoms with van der Waals surface area (Å²) in [7, 11) is 0. The monoisotopic (exact) mass is 667 g/mol. The Bertz CT molecular complexity index is 2590. The highest BCUT2D eigenvalue weighted by Crippen LogP contribution is 2.59. The van der Waals surface area contributed by atoms with Crippen molar-refractivity contribution < 1.29 is 4.74 Å². The van der Waals surface area contributed by atoms with Crippen molar-refractivity contribution in [2.24, 2.45) is 0 Å². The highest BCUT2D eigenvalue weighted by atomic mass is 16.5. The van der Waals surface area contributed by atoms with Crippen LogP contribution in [0.3, 0.4) is 0 Å². The van der Waals surface area contributed by atoms with Crippen LogP contribution < -0.4 is 9.64 Å². The van der Waals surface area contributed by atoms with Gasteiger partial charge in [0.1, 0.15) is 5.75 Å². The molecule has 1 aliphatic heterocycles. The first-order valence-corrected chi connectivity index (χ1v) is 18.1. The summed E-state index contributed by atoms with van der Waals surface area (Å²) in [5, 5.41) is 2.37. The Morgan fingerprint density at radius 2 is 1.02 bits per heavy atom. The van der Waals surface area contributed by atoms with E-state index in [0.29, 0.717) is 0 Å². The van der Waals surface area contributed by atoms with Gasteiger partial charge in [0.05, 0.1) is 16.8 Å². The van der Waals surface area contributed by atoms with Crippen LogP contribution in [0.5, 0.6) is 11.5 Å². The summed E-state index contributed by atoms with van der Waals surface area (Å²) in [5.74, 6) is 1.71. The van der Waals surface area contributed by atoms with Crippen LogP contribution in [-0.4, -0.2) is 0 Å². The van der Waals surface area contributed by atoms with Crippen LogP contribution in [0.4, 0.5) is 17.1 Å². The average molecular weight is 668 g/mol. The molecule has 0 atom stereocenters. The van der Waals surface area contributed by atoms with Gasteiger partial charge in [-0.2, -0.15) is 0 Å². The van der Waals surface area contributed by atoms with E-state index < -0.39 is 5.41 Å². The third kappa shape index (κ3) is 4.31. The lowest BCUT2D eigenvalue weighted by atomic mass is 9.63. The minimum atomic E-state index is -0.616. The predicted molar refractivity (Wildman–Crippen MR) is 215 cm³/mol. The lowest BCUT2D eigenvalue weighted by molar-refractivity contribution is 0.435. The Balaban J connectivity index is 1.29. The van der Waals surface area contributed by atoms with Gasteiger partial charge in [-0.3, -0.25) is 0 Å². The van der Waals surface area contributed by atoms with Gasteiger partial charge < -0.3 is 9.64 Å². The van der Waals surface area contributed by atoms with E-state index in [9.17, 15) is 0 Å². The quantitative estimate of drug-likeness (QED) is 0.181. The van der Waals surface area contributed by atoms with Crippen LogP contribution in [0.1, 0.15) is 47.2 Å². The number of benzene rings is 8. The molecule has 0 saturated heterocycles. The Labute approximate surface area is 305 Å². The van der Waals surface area contributed by atoms with E-state index in [2.05, 4.69) is 207 Å². The van der Waals surface area contributed by atoms with Crippen molar-refractivity contribution in [3.63, 3.8) is 0 Å². The SMILES string of the molecule is CC1(C)c2ccccc2-c2ccc(N(c3cccc4c3Oc3ccccc3C4(c3ccccc3)c3ccccc3)c3cccc4ccccc34)cc21. The van der Waals surface area contributed by atoms with Crippen LogP contribution in [0, 0.1) is 0 Å². The Morgan fingerprint density at radius 1 is 0.442 bits per heavy atom. The number of fused-ring (bicyclic) bond motifs is 6. The zero-order valence-corrected chi connectivity index (χ0v) is 29.3. The molecule has 0 aromatic heterocycles. The van der Waals surface area contributed by atoms with Crippen molar-refractivity contribution in [3.8, 4) is 22.6 Å². The summed E-state index contributed by atoms with van der Waals surface area (Å²) in [5.41, 5.74) is 12.4. The molecule has 0 fully saturated rings. The van der Waals surface area contributed by atoms with E-state index in [4.69, 9.17) is 4.74 Å². The van der Waals surface area contributed by atoms with Crippen LogP contribution in [0.2, 0.25) is 0 Å². The molecule has 0 radical (unpaired) electrons. The summed E-state index contributed by atoms with van der Waals surface area (Å²) in [4.78, 5) is 2.43. The summed E-state index contributed by atoms with van der Waals surface area (Å²) in [6.07, 6.45) is 0. The standard InChI is InChI=1S/C50H37NO/c1-49(2)41-25-12-11-24-39(41)40-32-31-37(33-44(40)49)51(45-28-15-18-34-17-9-10-23-38(34)45)46-29-16-27-43-48(46)52-47-30-14-13-26-42(47)50(43,35-19-5-3-6-20-35)36-21-7-4-8-22-36/h3-33H,1-2H3. The van der Waals surface area contributed by atoms with Gasteiger partial charge in [-0.15, -0.1) is 0 Å². The minimum Gasteiger partial charge on any atom is -0.454 e. The molecule has 1 aliphatic carbocycles. The smallest absolute Gasteiger partial charge is 0.156 e. The number of ether oxygens (including phenoxy) is 1. The van der Waals surface area contributed by atoms with Gasteiger partial charge in [-0.05, 0) is 69.1 Å². The highest BCUT2D eigenvalue weighted by Gasteiger charge is 2.46. The maximum absolute atomic E-state index is 7.19. The average Bonchev–Trinajstić information content (AvgIpc) is 3.43. The van der Waals surface area contributed by atoms with Crippen molar-refractivity contribution in [1.82, 2.24) is 0 Å². The van der Waals surface area contributed by atoms with Gasteiger partial charge in [0, 0.05) is 27.6 Å². The Morgan fingerprint density at radius 3 is 1.81 bits per heavy atom. The molecular weight excluding hydrogens is 631 g/mol. The minimum absolute atomic E-state index is 0.145. The van der Waals surface area contributed by atoms with Gasteiger partial charge in [-0.1, -0.05) is 172 Å². The number of hydrogen-bond donors (Lipinski definition) is 0. The molecular formula is C50H37NO. The van der Waals surface area contributed by atoms with E-state index in [-0.39, 0.29) is 5.41 Å². The number of para-hydroxylation sites is 2. The van der Waals surface area contributed by atoms with Gasteiger partial charge in [0.25, 0.3) is 0 Å². The largest absolute Gasteiger partial charge is 0.454 e. The molecule has 0 amide bonds. The summed E-state index contributed by atoms with van der Waals surface area (Å²) >= 11 is 0. The summed E-state index contributed by atoms with van der Waals surface area (Å²) < 4.78 is 7.19. The topological polar surface area (TPSA) is 12.5 Å². The van der Waals surface area contributed by atoms with Crippen LogP contribution >= 0.6 is 0 Å². The molecule has 2 heteroatoms. The van der Waals surface area contributed by atoms with Crippen molar-refractivity contribution in [2.45, 2.75) is 24.7 Å². The first-order valence-electron chi connectivity index (χ1n) is 18.1. The van der Waals surface area contributed by atoms with Crippen LogP contribution in [-0.2, 0) is 10.8 Å². The molecule has 10 rings (SSSR count). The summed E-state index contributed by atoms with van der Waals surface area (Å²) in [6, 6.07) is 68.2. The Kier molecular flexibility index (Phi) is 6.78. The summed E-state index contributed by atoms with van der Waals surface area (Å²) in [6.45, 7) is 4.70. The second kappa shape index (κ2) is 11.6. The molecule has 0 unspecified atom stereocenters. The molecule has 248 valence electrons. The molecule has 1 heterocycles.